The van der Waals surface area contributed by atoms with Crippen molar-refractivity contribution in [2.75, 3.05) is 26.4 Å². The molecule has 3 amide bonds. The van der Waals surface area contributed by atoms with Crippen molar-refractivity contribution in [3.05, 3.63) is 0 Å². The molecule has 1 fully saturated rings. The first kappa shape index (κ1) is 15.4. The fourth-order valence-corrected chi connectivity index (χ4v) is 1.61. The highest BCUT2D eigenvalue weighted by Crippen LogP contribution is 2.11. The molecule has 0 saturated carbocycles. The lowest BCUT2D eigenvalue weighted by Crippen LogP contribution is -2.44. The third-order valence-corrected chi connectivity index (χ3v) is 2.48. The quantitative estimate of drug-likeness (QED) is 0.600. The second kappa shape index (κ2) is 8.44. The van der Waals surface area contributed by atoms with Crippen molar-refractivity contribution < 1.29 is 29.0 Å². The second-order valence-corrected chi connectivity index (χ2v) is 4.13. The molecule has 0 radical (unpaired) electrons. The van der Waals surface area contributed by atoms with Crippen LogP contribution in [0.5, 0.6) is 0 Å². The monoisotopic (exact) mass is 274 g/mol. The van der Waals surface area contributed by atoms with Crippen molar-refractivity contribution in [3.8, 4) is 0 Å². The molecule has 0 bridgehead atoms. The summed E-state index contributed by atoms with van der Waals surface area (Å²) in [7, 11) is 0. The van der Waals surface area contributed by atoms with Crippen LogP contribution in [0.1, 0.15) is 19.3 Å². The van der Waals surface area contributed by atoms with Gasteiger partial charge in [-0.2, -0.15) is 0 Å². The Bertz CT molecular complexity index is 327. The van der Waals surface area contributed by atoms with Crippen LogP contribution in [0, 0.1) is 0 Å². The van der Waals surface area contributed by atoms with E-state index in [1.807, 2.05) is 5.32 Å². The number of ether oxygens (including phenoxy) is 2. The van der Waals surface area contributed by atoms with Crippen molar-refractivity contribution in [1.82, 2.24) is 10.6 Å². The number of hydrogen-bond acceptors (Lipinski definition) is 5. The van der Waals surface area contributed by atoms with Crippen LogP contribution in [-0.4, -0.2) is 55.5 Å². The van der Waals surface area contributed by atoms with Gasteiger partial charge in [-0.3, -0.25) is 10.1 Å². The van der Waals surface area contributed by atoms with Crippen LogP contribution in [-0.2, 0) is 19.1 Å². The number of hydrogen-bond donors (Lipinski definition) is 3. The molecule has 0 aromatic rings. The van der Waals surface area contributed by atoms with Crippen LogP contribution >= 0.6 is 0 Å². The van der Waals surface area contributed by atoms with Crippen molar-refractivity contribution in [2.24, 2.45) is 0 Å². The molecule has 1 atom stereocenters. The van der Waals surface area contributed by atoms with Crippen LogP contribution in [0.15, 0.2) is 0 Å². The molecule has 19 heavy (non-hydrogen) atoms. The Hall–Kier alpha value is -1.67. The molecule has 8 nitrogen and oxygen atoms in total. The maximum absolute atomic E-state index is 11.3. The van der Waals surface area contributed by atoms with E-state index in [1.54, 1.807) is 0 Å². The summed E-state index contributed by atoms with van der Waals surface area (Å²) in [5.41, 5.74) is 0. The number of urea groups is 1. The van der Waals surface area contributed by atoms with Gasteiger partial charge in [0.05, 0.1) is 6.10 Å². The third-order valence-electron chi connectivity index (χ3n) is 2.48. The predicted octanol–water partition coefficient (Wildman–Crippen LogP) is -0.517. The first-order chi connectivity index (χ1) is 9.08. The number of amides is 3. The van der Waals surface area contributed by atoms with Crippen molar-refractivity contribution >= 4 is 17.9 Å². The highest BCUT2D eigenvalue weighted by atomic mass is 16.5. The molecule has 1 heterocycles. The van der Waals surface area contributed by atoms with Gasteiger partial charge in [-0.25, -0.2) is 9.59 Å². The number of carbonyl (C=O) groups is 3. The van der Waals surface area contributed by atoms with E-state index in [0.29, 0.717) is 13.2 Å². The molecular weight excluding hydrogens is 256 g/mol. The maximum Gasteiger partial charge on any atom is 0.329 e. The summed E-state index contributed by atoms with van der Waals surface area (Å²) in [5.74, 6) is -1.87. The summed E-state index contributed by atoms with van der Waals surface area (Å²) in [4.78, 5) is 32.6. The fraction of sp³-hybridized carbons (Fsp3) is 0.727. The van der Waals surface area contributed by atoms with Crippen LogP contribution in [0.2, 0.25) is 0 Å². The van der Waals surface area contributed by atoms with E-state index < -0.39 is 31.1 Å². The lowest BCUT2D eigenvalue weighted by atomic mass is 10.1. The first-order valence-corrected chi connectivity index (χ1v) is 6.06. The largest absolute Gasteiger partial charge is 0.480 e. The minimum absolute atomic E-state index is 0.0159. The fourth-order valence-electron chi connectivity index (χ4n) is 1.61. The number of carboxylic acid groups (broad SMARTS) is 1. The number of rotatable bonds is 6. The number of imide groups is 1. The summed E-state index contributed by atoms with van der Waals surface area (Å²) in [6.45, 7) is -0.0182. The molecule has 1 saturated heterocycles. The van der Waals surface area contributed by atoms with Gasteiger partial charge in [-0.05, 0) is 19.3 Å². The van der Waals surface area contributed by atoms with Crippen molar-refractivity contribution in [3.63, 3.8) is 0 Å². The standard InChI is InChI=1S/C11H18N2O6/c14-9(6-18-7-10(15)16)13-11(17)12-5-8-3-1-2-4-19-8/h8H,1-7H2,(H,15,16)(H2,12,13,14,17). The third kappa shape index (κ3) is 7.37. The van der Waals surface area contributed by atoms with Gasteiger partial charge in [0.15, 0.2) is 0 Å². The average molecular weight is 274 g/mol. The van der Waals surface area contributed by atoms with E-state index in [2.05, 4.69) is 10.1 Å². The van der Waals surface area contributed by atoms with Crippen LogP contribution in [0.3, 0.4) is 0 Å². The molecule has 1 aliphatic rings. The maximum atomic E-state index is 11.3. The summed E-state index contributed by atoms with van der Waals surface area (Å²) >= 11 is 0. The lowest BCUT2D eigenvalue weighted by Gasteiger charge is -2.22. The van der Waals surface area contributed by atoms with Gasteiger partial charge in [0, 0.05) is 13.2 Å². The van der Waals surface area contributed by atoms with Crippen molar-refractivity contribution in [2.45, 2.75) is 25.4 Å². The van der Waals surface area contributed by atoms with Gasteiger partial charge in [-0.15, -0.1) is 0 Å². The highest BCUT2D eigenvalue weighted by molar-refractivity contribution is 5.94. The van der Waals surface area contributed by atoms with Gasteiger partial charge in [0.1, 0.15) is 13.2 Å². The number of carbonyl (C=O) groups excluding carboxylic acids is 2. The zero-order valence-electron chi connectivity index (χ0n) is 10.5. The highest BCUT2D eigenvalue weighted by Gasteiger charge is 2.15. The molecule has 8 heteroatoms. The zero-order valence-corrected chi connectivity index (χ0v) is 10.5. The zero-order chi connectivity index (χ0) is 14.1. The molecule has 1 aliphatic heterocycles. The van der Waals surface area contributed by atoms with Gasteiger partial charge >= 0.3 is 12.0 Å². The molecule has 0 spiro atoms. The van der Waals surface area contributed by atoms with Crippen LogP contribution < -0.4 is 10.6 Å². The Kier molecular flexibility index (Phi) is 6.83. The summed E-state index contributed by atoms with van der Waals surface area (Å²) in [5, 5.41) is 12.8. The molecule has 1 unspecified atom stereocenters. The number of nitrogens with one attached hydrogen (secondary N) is 2. The van der Waals surface area contributed by atoms with Gasteiger partial charge in [0.2, 0.25) is 0 Å². The van der Waals surface area contributed by atoms with E-state index in [1.165, 1.54) is 0 Å². The topological polar surface area (TPSA) is 114 Å². The van der Waals surface area contributed by atoms with E-state index in [4.69, 9.17) is 9.84 Å². The second-order valence-electron chi connectivity index (χ2n) is 4.13. The molecular formula is C11H18N2O6. The Morgan fingerprint density at radius 3 is 2.68 bits per heavy atom. The van der Waals surface area contributed by atoms with Crippen molar-refractivity contribution in [1.29, 1.82) is 0 Å². The van der Waals surface area contributed by atoms with Gasteiger partial charge in [0.25, 0.3) is 5.91 Å². The minimum atomic E-state index is -1.17. The van der Waals surface area contributed by atoms with E-state index in [0.717, 1.165) is 19.3 Å². The number of carboxylic acids is 1. The summed E-state index contributed by atoms with van der Waals surface area (Å²) < 4.78 is 9.94. The van der Waals surface area contributed by atoms with Gasteiger partial charge < -0.3 is 19.9 Å². The average Bonchev–Trinajstić information content (AvgIpc) is 2.37. The molecule has 3 N–H and O–H groups in total. The predicted molar refractivity (Wildman–Crippen MR) is 63.6 cm³/mol. The van der Waals surface area contributed by atoms with E-state index >= 15 is 0 Å². The molecule has 0 aromatic heterocycles. The summed E-state index contributed by atoms with van der Waals surface area (Å²) in [6.07, 6.45) is 2.96. The normalized spacial score (nSPS) is 18.6. The Morgan fingerprint density at radius 2 is 2.05 bits per heavy atom. The molecule has 0 aromatic carbocycles. The van der Waals surface area contributed by atoms with Crippen LogP contribution in [0.25, 0.3) is 0 Å². The summed E-state index contributed by atoms with van der Waals surface area (Å²) in [6, 6.07) is -0.641. The van der Waals surface area contributed by atoms with Crippen LogP contribution in [0.4, 0.5) is 4.79 Å². The lowest BCUT2D eigenvalue weighted by molar-refractivity contribution is -0.143. The Balaban J connectivity index is 2.08. The first-order valence-electron chi connectivity index (χ1n) is 6.06. The molecule has 0 aliphatic carbocycles. The smallest absolute Gasteiger partial charge is 0.329 e. The van der Waals surface area contributed by atoms with Gasteiger partial charge in [-0.1, -0.05) is 0 Å². The molecule has 1 rings (SSSR count). The Morgan fingerprint density at radius 1 is 1.26 bits per heavy atom. The number of aliphatic carboxylic acids is 1. The minimum Gasteiger partial charge on any atom is -0.480 e. The molecule has 108 valence electrons. The van der Waals surface area contributed by atoms with E-state index in [-0.39, 0.29) is 6.10 Å². The van der Waals surface area contributed by atoms with E-state index in [9.17, 15) is 14.4 Å². The Labute approximate surface area is 110 Å². The SMILES string of the molecule is O=C(O)COCC(=O)NC(=O)NCC1CCCCO1.